The number of nitrogens with two attached hydrogens (primary N) is 2. The average Bonchev–Trinajstić information content (AvgIpc) is 3.18. The summed E-state index contributed by atoms with van der Waals surface area (Å²) in [4.78, 5) is 38.5. The number of aliphatic carboxylic acids is 1. The molecule has 1 heterocycles. The van der Waals surface area contributed by atoms with Crippen LogP contribution in [0.3, 0.4) is 0 Å². The molecule has 160 valence electrons. The first kappa shape index (κ1) is 22.6. The minimum Gasteiger partial charge on any atom is -0.508 e. The van der Waals surface area contributed by atoms with E-state index < -0.39 is 30.0 Å². The van der Waals surface area contributed by atoms with Crippen molar-refractivity contribution in [2.75, 3.05) is 13.1 Å². The molecule has 0 radical (unpaired) electrons. The smallest absolute Gasteiger partial charge is 0.326 e. The second-order valence-corrected chi connectivity index (χ2v) is 7.35. The maximum Gasteiger partial charge on any atom is 0.326 e. The molecule has 0 aromatic heterocycles. The fourth-order valence-electron chi connectivity index (χ4n) is 3.48. The van der Waals surface area contributed by atoms with Crippen molar-refractivity contribution in [1.29, 1.82) is 0 Å². The van der Waals surface area contributed by atoms with E-state index in [2.05, 4.69) is 5.32 Å². The Morgan fingerprint density at radius 1 is 1.21 bits per heavy atom. The number of phenolic OH excluding ortho intramolecular Hbond substituents is 1. The van der Waals surface area contributed by atoms with Crippen molar-refractivity contribution in [3.8, 4) is 5.75 Å². The lowest BCUT2D eigenvalue weighted by molar-refractivity contribution is -0.144. The number of carbonyl (C=O) groups excluding carboxylic acids is 2. The highest BCUT2D eigenvalue weighted by Crippen LogP contribution is 2.20. The molecule has 29 heavy (non-hydrogen) atoms. The summed E-state index contributed by atoms with van der Waals surface area (Å²) in [6.45, 7) is 0.963. The minimum atomic E-state index is -1.17. The minimum absolute atomic E-state index is 0.0701. The van der Waals surface area contributed by atoms with Gasteiger partial charge in [-0.1, -0.05) is 18.6 Å². The van der Waals surface area contributed by atoms with Crippen molar-refractivity contribution in [1.82, 2.24) is 10.2 Å². The SMILES string of the molecule is NCCCCC(N)C(=O)N1CCCC1C(=O)NC(Cc1ccc(O)cc1)C(=O)O. The number of phenols is 1. The molecule has 9 nitrogen and oxygen atoms in total. The van der Waals surface area contributed by atoms with Crippen LogP contribution in [0.1, 0.15) is 37.7 Å². The van der Waals surface area contributed by atoms with Crippen LogP contribution >= 0.6 is 0 Å². The van der Waals surface area contributed by atoms with Crippen LogP contribution in [0.25, 0.3) is 0 Å². The Hall–Kier alpha value is -2.65. The van der Waals surface area contributed by atoms with Crippen LogP contribution in [0.4, 0.5) is 0 Å². The Kier molecular flexibility index (Phi) is 8.41. The lowest BCUT2D eigenvalue weighted by Gasteiger charge is -2.27. The van der Waals surface area contributed by atoms with Crippen LogP contribution in [-0.4, -0.2) is 64.1 Å². The van der Waals surface area contributed by atoms with Crippen LogP contribution in [-0.2, 0) is 20.8 Å². The average molecular weight is 406 g/mol. The quantitative estimate of drug-likeness (QED) is 0.341. The molecule has 2 amide bonds. The summed E-state index contributed by atoms with van der Waals surface area (Å²) in [7, 11) is 0. The van der Waals surface area contributed by atoms with E-state index in [0.29, 0.717) is 37.9 Å². The number of hydrogen-bond acceptors (Lipinski definition) is 6. The monoisotopic (exact) mass is 406 g/mol. The van der Waals surface area contributed by atoms with E-state index >= 15 is 0 Å². The molecular weight excluding hydrogens is 376 g/mol. The number of nitrogens with one attached hydrogen (secondary N) is 1. The van der Waals surface area contributed by atoms with Gasteiger partial charge in [0.2, 0.25) is 11.8 Å². The van der Waals surface area contributed by atoms with E-state index in [9.17, 15) is 24.6 Å². The van der Waals surface area contributed by atoms with Gasteiger partial charge in [-0.3, -0.25) is 9.59 Å². The standard InChI is InChI=1S/C20H30N4O5/c21-10-2-1-4-15(22)19(27)24-11-3-5-17(24)18(26)23-16(20(28)29)12-13-6-8-14(25)9-7-13/h6-9,15-17,25H,1-5,10-12,21-22H2,(H,23,26)(H,28,29). The molecule has 0 aliphatic carbocycles. The van der Waals surface area contributed by atoms with Crippen molar-refractivity contribution in [3.63, 3.8) is 0 Å². The molecule has 0 spiro atoms. The summed E-state index contributed by atoms with van der Waals surface area (Å²) in [6.07, 6.45) is 3.22. The second kappa shape index (κ2) is 10.8. The first-order valence-corrected chi connectivity index (χ1v) is 9.90. The number of hydrogen-bond donors (Lipinski definition) is 5. The number of amides is 2. The fraction of sp³-hybridized carbons (Fsp3) is 0.550. The highest BCUT2D eigenvalue weighted by atomic mass is 16.4. The van der Waals surface area contributed by atoms with Crippen LogP contribution in [0.5, 0.6) is 5.75 Å². The number of carboxylic acids is 1. The predicted octanol–water partition coefficient (Wildman–Crippen LogP) is -0.0486. The molecule has 3 atom stereocenters. The number of rotatable bonds is 10. The summed E-state index contributed by atoms with van der Waals surface area (Å²) in [5, 5.41) is 21.4. The van der Waals surface area contributed by atoms with Gasteiger partial charge in [-0.15, -0.1) is 0 Å². The number of carbonyl (C=O) groups is 3. The zero-order valence-corrected chi connectivity index (χ0v) is 16.4. The van der Waals surface area contributed by atoms with Gasteiger partial charge < -0.3 is 31.9 Å². The summed E-state index contributed by atoms with van der Waals surface area (Å²) in [5.74, 6) is -1.87. The van der Waals surface area contributed by atoms with Crippen LogP contribution in [0.2, 0.25) is 0 Å². The van der Waals surface area contributed by atoms with E-state index in [1.165, 1.54) is 17.0 Å². The topological polar surface area (TPSA) is 159 Å². The summed E-state index contributed by atoms with van der Waals surface area (Å²) < 4.78 is 0. The summed E-state index contributed by atoms with van der Waals surface area (Å²) in [6, 6.07) is 3.57. The molecule has 2 rings (SSSR count). The van der Waals surface area contributed by atoms with Crippen molar-refractivity contribution in [3.05, 3.63) is 29.8 Å². The van der Waals surface area contributed by atoms with Gasteiger partial charge in [0.15, 0.2) is 0 Å². The Morgan fingerprint density at radius 3 is 2.52 bits per heavy atom. The molecule has 0 saturated carbocycles. The van der Waals surface area contributed by atoms with E-state index in [1.54, 1.807) is 12.1 Å². The van der Waals surface area contributed by atoms with Gasteiger partial charge >= 0.3 is 5.97 Å². The molecule has 1 aliphatic rings. The van der Waals surface area contributed by atoms with Gasteiger partial charge in [-0.05, 0) is 49.9 Å². The number of carboxylic acid groups (broad SMARTS) is 1. The van der Waals surface area contributed by atoms with Gasteiger partial charge in [-0.2, -0.15) is 0 Å². The molecule has 1 aromatic carbocycles. The van der Waals surface area contributed by atoms with Crippen molar-refractivity contribution < 1.29 is 24.6 Å². The number of aromatic hydroxyl groups is 1. The Morgan fingerprint density at radius 2 is 1.90 bits per heavy atom. The number of unbranched alkanes of at least 4 members (excludes halogenated alkanes) is 1. The summed E-state index contributed by atoms with van der Waals surface area (Å²) >= 11 is 0. The zero-order chi connectivity index (χ0) is 21.4. The largest absolute Gasteiger partial charge is 0.508 e. The molecule has 9 heteroatoms. The maximum absolute atomic E-state index is 12.7. The number of likely N-dealkylation sites (tertiary alicyclic amines) is 1. The van der Waals surface area contributed by atoms with Crippen molar-refractivity contribution in [2.24, 2.45) is 11.5 Å². The highest BCUT2D eigenvalue weighted by molar-refractivity contribution is 5.92. The molecular formula is C20H30N4O5. The molecule has 1 aromatic rings. The molecule has 7 N–H and O–H groups in total. The first-order valence-electron chi connectivity index (χ1n) is 9.90. The van der Waals surface area contributed by atoms with Crippen LogP contribution in [0.15, 0.2) is 24.3 Å². The summed E-state index contributed by atoms with van der Waals surface area (Å²) in [5.41, 5.74) is 12.1. The first-order chi connectivity index (χ1) is 13.8. The number of benzene rings is 1. The fourth-order valence-corrected chi connectivity index (χ4v) is 3.48. The third kappa shape index (κ3) is 6.43. The molecule has 1 aliphatic heterocycles. The van der Waals surface area contributed by atoms with Crippen molar-refractivity contribution in [2.45, 2.75) is 56.7 Å². The lowest BCUT2D eigenvalue weighted by Crippen LogP contribution is -2.54. The van der Waals surface area contributed by atoms with E-state index in [0.717, 1.165) is 12.8 Å². The lowest BCUT2D eigenvalue weighted by atomic mass is 10.0. The van der Waals surface area contributed by atoms with Gasteiger partial charge in [0.1, 0.15) is 17.8 Å². The second-order valence-electron chi connectivity index (χ2n) is 7.35. The van der Waals surface area contributed by atoms with Crippen molar-refractivity contribution >= 4 is 17.8 Å². The predicted molar refractivity (Wildman–Crippen MR) is 107 cm³/mol. The van der Waals surface area contributed by atoms with Gasteiger partial charge in [0.25, 0.3) is 0 Å². The molecule has 0 bridgehead atoms. The Balaban J connectivity index is 1.99. The maximum atomic E-state index is 12.7. The van der Waals surface area contributed by atoms with Gasteiger partial charge in [0.05, 0.1) is 6.04 Å². The van der Waals surface area contributed by atoms with Crippen LogP contribution < -0.4 is 16.8 Å². The highest BCUT2D eigenvalue weighted by Gasteiger charge is 2.37. The van der Waals surface area contributed by atoms with E-state index in [-0.39, 0.29) is 18.1 Å². The van der Waals surface area contributed by atoms with Gasteiger partial charge in [0, 0.05) is 13.0 Å². The zero-order valence-electron chi connectivity index (χ0n) is 16.4. The molecule has 1 saturated heterocycles. The van der Waals surface area contributed by atoms with Crippen LogP contribution in [0, 0.1) is 0 Å². The molecule has 3 unspecified atom stereocenters. The van der Waals surface area contributed by atoms with Gasteiger partial charge in [-0.25, -0.2) is 4.79 Å². The Labute approximate surface area is 170 Å². The van der Waals surface area contributed by atoms with E-state index in [1.807, 2.05) is 0 Å². The normalized spacial score (nSPS) is 18.3. The Bertz CT molecular complexity index is 709. The third-order valence-corrected chi connectivity index (χ3v) is 5.12. The number of nitrogens with zero attached hydrogens (tertiary/aromatic N) is 1. The third-order valence-electron chi connectivity index (χ3n) is 5.12. The van der Waals surface area contributed by atoms with E-state index in [4.69, 9.17) is 11.5 Å². The molecule has 1 fully saturated rings.